The maximum atomic E-state index is 13.1. The molecule has 3 rings (SSSR count). The third-order valence-electron chi connectivity index (χ3n) is 4.78. The zero-order chi connectivity index (χ0) is 19.9. The molecule has 1 aliphatic heterocycles. The Kier molecular flexibility index (Phi) is 6.28. The fraction of sp³-hybridized carbons (Fsp3) is 0.273. The Labute approximate surface area is 164 Å². The number of carbonyl (C=O) groups is 1. The second kappa shape index (κ2) is 9.05. The van der Waals surface area contributed by atoms with Crippen LogP contribution in [0.4, 0.5) is 10.1 Å². The molecule has 0 aliphatic carbocycles. The van der Waals surface area contributed by atoms with Crippen LogP contribution in [0.3, 0.4) is 0 Å². The highest BCUT2D eigenvalue weighted by Crippen LogP contribution is 2.17. The maximum absolute atomic E-state index is 13.1. The molecule has 0 radical (unpaired) electrons. The topological polar surface area (TPSA) is 59.4 Å². The Hall–Kier alpha value is -3.33. The Morgan fingerprint density at radius 1 is 1.11 bits per heavy atom. The van der Waals surface area contributed by atoms with Gasteiger partial charge in [0.2, 0.25) is 0 Å². The Balaban J connectivity index is 1.54. The summed E-state index contributed by atoms with van der Waals surface area (Å²) in [5.41, 5.74) is 3.30. The minimum absolute atomic E-state index is 0.0994. The number of anilines is 1. The summed E-state index contributed by atoms with van der Waals surface area (Å²) in [6.45, 7) is 4.91. The van der Waals surface area contributed by atoms with Gasteiger partial charge in [0, 0.05) is 44.6 Å². The summed E-state index contributed by atoms with van der Waals surface area (Å²) in [7, 11) is 0. The van der Waals surface area contributed by atoms with Crippen molar-refractivity contribution in [3.8, 4) is 6.07 Å². The zero-order valence-corrected chi connectivity index (χ0v) is 15.9. The lowest BCUT2D eigenvalue weighted by atomic mass is 10.1. The molecule has 1 fully saturated rings. The molecule has 0 spiro atoms. The van der Waals surface area contributed by atoms with Crippen molar-refractivity contribution < 1.29 is 9.18 Å². The van der Waals surface area contributed by atoms with Crippen molar-refractivity contribution in [2.24, 2.45) is 0 Å². The van der Waals surface area contributed by atoms with Crippen LogP contribution < -0.4 is 10.2 Å². The van der Waals surface area contributed by atoms with Crippen molar-refractivity contribution in [3.63, 3.8) is 0 Å². The highest BCUT2D eigenvalue weighted by Gasteiger charge is 2.23. The molecular weight excluding hydrogens is 355 g/mol. The molecular formula is C22H23FN4O. The first-order chi connectivity index (χ1) is 13.6. The first-order valence-corrected chi connectivity index (χ1v) is 9.26. The molecule has 28 heavy (non-hydrogen) atoms. The molecule has 1 amide bonds. The lowest BCUT2D eigenvalue weighted by Crippen LogP contribution is -2.49. The van der Waals surface area contributed by atoms with E-state index in [1.165, 1.54) is 23.9 Å². The summed E-state index contributed by atoms with van der Waals surface area (Å²) in [6, 6.07) is 16.4. The van der Waals surface area contributed by atoms with Gasteiger partial charge in [-0.1, -0.05) is 29.8 Å². The molecule has 6 heteroatoms. The van der Waals surface area contributed by atoms with Crippen molar-refractivity contribution in [1.82, 2.24) is 10.2 Å². The van der Waals surface area contributed by atoms with Gasteiger partial charge in [-0.05, 0) is 36.8 Å². The summed E-state index contributed by atoms with van der Waals surface area (Å²) in [5.74, 6) is -0.530. The van der Waals surface area contributed by atoms with E-state index in [-0.39, 0.29) is 17.3 Å². The number of benzene rings is 2. The lowest BCUT2D eigenvalue weighted by Gasteiger charge is -2.36. The van der Waals surface area contributed by atoms with Crippen LogP contribution >= 0.6 is 0 Å². The first kappa shape index (κ1) is 19.4. The molecule has 5 nitrogen and oxygen atoms in total. The van der Waals surface area contributed by atoms with Gasteiger partial charge in [0.15, 0.2) is 0 Å². The van der Waals surface area contributed by atoms with Gasteiger partial charge in [-0.25, -0.2) is 4.39 Å². The molecule has 0 bridgehead atoms. The van der Waals surface area contributed by atoms with Gasteiger partial charge in [0.1, 0.15) is 17.5 Å². The minimum Gasteiger partial charge on any atom is -0.386 e. The number of aryl methyl sites for hydroxylation is 1. The molecule has 2 aromatic carbocycles. The third-order valence-corrected chi connectivity index (χ3v) is 4.78. The quantitative estimate of drug-likeness (QED) is 0.642. The fourth-order valence-electron chi connectivity index (χ4n) is 3.11. The van der Waals surface area contributed by atoms with Gasteiger partial charge < -0.3 is 15.1 Å². The molecule has 1 saturated heterocycles. The van der Waals surface area contributed by atoms with E-state index in [2.05, 4.69) is 10.2 Å². The van der Waals surface area contributed by atoms with Crippen LogP contribution in [-0.2, 0) is 11.3 Å². The Bertz CT molecular complexity index is 876. The molecule has 1 aliphatic rings. The number of amides is 1. The van der Waals surface area contributed by atoms with E-state index in [0.29, 0.717) is 32.7 Å². The van der Waals surface area contributed by atoms with Gasteiger partial charge in [-0.3, -0.25) is 4.79 Å². The van der Waals surface area contributed by atoms with Crippen LogP contribution in [0.2, 0.25) is 0 Å². The average molecular weight is 378 g/mol. The second-order valence-electron chi connectivity index (χ2n) is 6.79. The van der Waals surface area contributed by atoms with Gasteiger partial charge >= 0.3 is 0 Å². The number of nitrogens with zero attached hydrogens (tertiary/aromatic N) is 3. The van der Waals surface area contributed by atoms with Crippen LogP contribution in [0, 0.1) is 24.1 Å². The summed E-state index contributed by atoms with van der Waals surface area (Å²) < 4.78 is 13.1. The molecule has 0 saturated carbocycles. The monoisotopic (exact) mass is 378 g/mol. The molecule has 2 aromatic rings. The lowest BCUT2D eigenvalue weighted by molar-refractivity contribution is -0.127. The zero-order valence-electron chi connectivity index (χ0n) is 15.9. The average Bonchev–Trinajstić information content (AvgIpc) is 2.73. The molecule has 0 aromatic heterocycles. The number of hydrogen-bond donors (Lipinski definition) is 1. The van der Waals surface area contributed by atoms with Crippen molar-refractivity contribution in [2.45, 2.75) is 13.5 Å². The van der Waals surface area contributed by atoms with Gasteiger partial charge in [0.25, 0.3) is 5.91 Å². The van der Waals surface area contributed by atoms with E-state index < -0.39 is 0 Å². The number of nitrogens with one attached hydrogen (secondary N) is 1. The van der Waals surface area contributed by atoms with Crippen LogP contribution in [0.15, 0.2) is 60.3 Å². The molecule has 1 N–H and O–H groups in total. The van der Waals surface area contributed by atoms with E-state index in [1.54, 1.807) is 17.0 Å². The minimum atomic E-state index is -0.266. The van der Waals surface area contributed by atoms with E-state index in [0.717, 1.165) is 11.3 Å². The summed E-state index contributed by atoms with van der Waals surface area (Å²) >= 11 is 0. The van der Waals surface area contributed by atoms with Crippen molar-refractivity contribution in [1.29, 1.82) is 5.26 Å². The first-order valence-electron chi connectivity index (χ1n) is 9.26. The Morgan fingerprint density at radius 3 is 2.36 bits per heavy atom. The largest absolute Gasteiger partial charge is 0.386 e. The Morgan fingerprint density at radius 2 is 1.75 bits per heavy atom. The van der Waals surface area contributed by atoms with Crippen molar-refractivity contribution in [2.75, 3.05) is 31.1 Å². The number of carbonyl (C=O) groups excluding carboxylic acids is 1. The van der Waals surface area contributed by atoms with E-state index in [1.807, 2.05) is 37.3 Å². The van der Waals surface area contributed by atoms with Crippen LogP contribution in [0.1, 0.15) is 11.1 Å². The van der Waals surface area contributed by atoms with Crippen LogP contribution in [0.5, 0.6) is 0 Å². The molecule has 1 heterocycles. The normalized spacial score (nSPS) is 14.5. The van der Waals surface area contributed by atoms with E-state index >= 15 is 0 Å². The van der Waals surface area contributed by atoms with Gasteiger partial charge in [-0.15, -0.1) is 0 Å². The number of piperazine rings is 1. The number of halogens is 1. The molecule has 0 unspecified atom stereocenters. The van der Waals surface area contributed by atoms with Crippen LogP contribution in [0.25, 0.3) is 0 Å². The SMILES string of the molecule is Cc1ccc(CN/C=C(/C#N)C(=O)N2CCN(c3ccc(F)cc3)CC2)cc1. The number of hydrogen-bond acceptors (Lipinski definition) is 4. The maximum Gasteiger partial charge on any atom is 0.266 e. The number of rotatable bonds is 5. The highest BCUT2D eigenvalue weighted by atomic mass is 19.1. The third kappa shape index (κ3) is 4.89. The standard InChI is InChI=1S/C22H23FN4O/c1-17-2-4-18(5-3-17)15-25-16-19(14-24)22(28)27-12-10-26(11-13-27)21-8-6-20(23)7-9-21/h2-9,16,25H,10-13,15H2,1H3/b19-16-. The van der Waals surface area contributed by atoms with Crippen molar-refractivity contribution in [3.05, 3.63) is 77.2 Å². The van der Waals surface area contributed by atoms with Crippen molar-refractivity contribution >= 4 is 11.6 Å². The van der Waals surface area contributed by atoms with Gasteiger partial charge in [-0.2, -0.15) is 5.26 Å². The predicted octanol–water partition coefficient (Wildman–Crippen LogP) is 2.98. The van der Waals surface area contributed by atoms with E-state index in [4.69, 9.17) is 0 Å². The highest BCUT2D eigenvalue weighted by molar-refractivity contribution is 5.97. The predicted molar refractivity (Wildman–Crippen MR) is 107 cm³/mol. The summed E-state index contributed by atoms with van der Waals surface area (Å²) in [5, 5.41) is 12.4. The molecule has 0 atom stereocenters. The van der Waals surface area contributed by atoms with E-state index in [9.17, 15) is 14.4 Å². The number of nitriles is 1. The summed E-state index contributed by atoms with van der Waals surface area (Å²) in [6.07, 6.45) is 1.49. The van der Waals surface area contributed by atoms with Gasteiger partial charge in [0.05, 0.1) is 0 Å². The van der Waals surface area contributed by atoms with Crippen LogP contribution in [-0.4, -0.2) is 37.0 Å². The fourth-order valence-corrected chi connectivity index (χ4v) is 3.11. The smallest absolute Gasteiger partial charge is 0.266 e. The second-order valence-corrected chi connectivity index (χ2v) is 6.79. The summed E-state index contributed by atoms with van der Waals surface area (Å²) in [4.78, 5) is 16.4. The molecule has 144 valence electrons.